The second kappa shape index (κ2) is 11.4. The molecule has 2 saturated heterocycles. The zero-order valence-electron chi connectivity index (χ0n) is 18.7. The number of rotatable bonds is 9. The number of thioether (sulfide) groups is 1. The molecule has 8 heteroatoms. The van der Waals surface area contributed by atoms with Crippen LogP contribution in [0, 0.1) is 0 Å². The summed E-state index contributed by atoms with van der Waals surface area (Å²) in [5.74, 6) is 0.591. The van der Waals surface area contributed by atoms with Crippen molar-refractivity contribution in [1.29, 1.82) is 0 Å². The van der Waals surface area contributed by atoms with Crippen LogP contribution in [0.3, 0.4) is 0 Å². The molecule has 3 unspecified atom stereocenters. The molecule has 2 amide bonds. The number of hydrogen-bond donors (Lipinski definition) is 1. The fourth-order valence-electron chi connectivity index (χ4n) is 4.27. The van der Waals surface area contributed by atoms with Gasteiger partial charge in [-0.2, -0.15) is 0 Å². The molecule has 2 aromatic rings. The van der Waals surface area contributed by atoms with Gasteiger partial charge in [0.1, 0.15) is 12.4 Å². The molecule has 2 fully saturated rings. The van der Waals surface area contributed by atoms with Gasteiger partial charge in [0.2, 0.25) is 5.91 Å². The van der Waals surface area contributed by atoms with Crippen LogP contribution in [0.5, 0.6) is 5.75 Å². The zero-order valence-corrected chi connectivity index (χ0v) is 20.2. The van der Waals surface area contributed by atoms with E-state index < -0.39 is 0 Å². The molecule has 2 heterocycles. The van der Waals surface area contributed by atoms with E-state index in [9.17, 15) is 9.59 Å². The monoisotopic (exact) mass is 488 g/mol. The number of morpholine rings is 1. The van der Waals surface area contributed by atoms with Gasteiger partial charge < -0.3 is 9.47 Å². The van der Waals surface area contributed by atoms with Gasteiger partial charge in [0.25, 0.3) is 5.24 Å². The largest absolute Gasteiger partial charge is 0.492 e. The summed E-state index contributed by atoms with van der Waals surface area (Å²) in [6, 6.07) is 16.0. The van der Waals surface area contributed by atoms with Gasteiger partial charge in [-0.05, 0) is 48.2 Å². The average Bonchev–Trinajstić information content (AvgIpc) is 3.14. The Hall–Kier alpha value is -2.06. The molecule has 2 aliphatic heterocycles. The van der Waals surface area contributed by atoms with E-state index in [2.05, 4.69) is 23.2 Å². The Kier molecular flexibility index (Phi) is 8.30. The second-order valence-electron chi connectivity index (χ2n) is 8.39. The van der Waals surface area contributed by atoms with Crippen molar-refractivity contribution in [3.05, 3.63) is 64.7 Å². The van der Waals surface area contributed by atoms with Gasteiger partial charge in [0, 0.05) is 24.2 Å². The summed E-state index contributed by atoms with van der Waals surface area (Å²) < 4.78 is 12.2. The number of carbonyl (C=O) groups is 2. The molecule has 2 aliphatic rings. The molecule has 0 bridgehead atoms. The van der Waals surface area contributed by atoms with E-state index in [0.29, 0.717) is 25.7 Å². The van der Waals surface area contributed by atoms with Crippen molar-refractivity contribution >= 4 is 34.5 Å². The van der Waals surface area contributed by atoms with Crippen LogP contribution in [0.2, 0.25) is 5.02 Å². The van der Waals surface area contributed by atoms with Crippen LogP contribution in [0.25, 0.3) is 0 Å². The smallest absolute Gasteiger partial charge is 0.286 e. The van der Waals surface area contributed by atoms with E-state index in [4.69, 9.17) is 21.1 Å². The lowest BCUT2D eigenvalue weighted by molar-refractivity contribution is -0.118. The van der Waals surface area contributed by atoms with E-state index in [-0.39, 0.29) is 22.5 Å². The molecule has 33 heavy (non-hydrogen) atoms. The number of ether oxygens (including phenoxy) is 2. The maximum Gasteiger partial charge on any atom is 0.286 e. The van der Waals surface area contributed by atoms with Crippen LogP contribution >= 0.6 is 23.4 Å². The average molecular weight is 489 g/mol. The Bertz CT molecular complexity index is 971. The number of benzene rings is 2. The topological polar surface area (TPSA) is 67.9 Å². The van der Waals surface area contributed by atoms with Gasteiger partial charge in [-0.25, -0.2) is 0 Å². The number of carbonyl (C=O) groups excluding carboxylic acids is 2. The minimum atomic E-state index is -0.355. The molecule has 4 rings (SSSR count). The maximum atomic E-state index is 11.8. The molecule has 1 N–H and O–H groups in total. The van der Waals surface area contributed by atoms with Gasteiger partial charge in [-0.1, -0.05) is 61.0 Å². The minimum Gasteiger partial charge on any atom is -0.492 e. The van der Waals surface area contributed by atoms with Crippen molar-refractivity contribution in [1.82, 2.24) is 10.2 Å². The van der Waals surface area contributed by atoms with Crippen LogP contribution in [0.1, 0.15) is 37.0 Å². The first-order chi connectivity index (χ1) is 16.0. The Morgan fingerprint density at radius 2 is 2.06 bits per heavy atom. The number of nitrogens with zero attached hydrogens (tertiary/aromatic N) is 1. The van der Waals surface area contributed by atoms with Gasteiger partial charge in [-0.3, -0.25) is 19.8 Å². The highest BCUT2D eigenvalue weighted by Crippen LogP contribution is 2.27. The van der Waals surface area contributed by atoms with E-state index in [0.717, 1.165) is 59.6 Å². The molecule has 0 spiro atoms. The lowest BCUT2D eigenvalue weighted by atomic mass is 10.0. The van der Waals surface area contributed by atoms with E-state index in [1.807, 2.05) is 42.5 Å². The third-order valence-electron chi connectivity index (χ3n) is 6.01. The number of nitrogens with one attached hydrogen (secondary N) is 1. The molecule has 0 aromatic heterocycles. The number of hydrogen-bond acceptors (Lipinski definition) is 6. The fraction of sp³-hybridized carbons (Fsp3) is 0.440. The molecular formula is C25H29ClN2O4S. The first-order valence-electron chi connectivity index (χ1n) is 11.4. The third-order valence-corrected chi connectivity index (χ3v) is 7.23. The van der Waals surface area contributed by atoms with Crippen LogP contribution in [0.4, 0.5) is 4.79 Å². The highest BCUT2D eigenvalue weighted by Gasteiger charge is 2.31. The van der Waals surface area contributed by atoms with Crippen LogP contribution < -0.4 is 10.1 Å². The summed E-state index contributed by atoms with van der Waals surface area (Å²) in [7, 11) is 0. The zero-order chi connectivity index (χ0) is 23.2. The quantitative estimate of drug-likeness (QED) is 0.544. The van der Waals surface area contributed by atoms with Crippen molar-refractivity contribution in [3.8, 4) is 5.75 Å². The number of halogens is 1. The molecule has 176 valence electrons. The normalized spacial score (nSPS) is 22.2. The van der Waals surface area contributed by atoms with E-state index in [1.165, 1.54) is 0 Å². The van der Waals surface area contributed by atoms with Gasteiger partial charge in [0.05, 0.1) is 18.0 Å². The predicted molar refractivity (Wildman–Crippen MR) is 131 cm³/mol. The minimum absolute atomic E-state index is 0.00799. The second-order valence-corrected chi connectivity index (χ2v) is 10.0. The molecule has 0 radical (unpaired) electrons. The van der Waals surface area contributed by atoms with Gasteiger partial charge >= 0.3 is 0 Å². The molecular weight excluding hydrogens is 460 g/mol. The molecule has 2 aromatic carbocycles. The summed E-state index contributed by atoms with van der Waals surface area (Å²) in [5.41, 5.74) is 2.11. The SMILES string of the molecule is CCCC(COc1ccc(CC2SC(=O)NC2=O)cc1)N1CCOC(c2cccc(Cl)c2)C1. The lowest BCUT2D eigenvalue weighted by Crippen LogP contribution is -2.47. The summed E-state index contributed by atoms with van der Waals surface area (Å²) in [4.78, 5) is 25.6. The Labute approximate surface area is 204 Å². The summed E-state index contributed by atoms with van der Waals surface area (Å²) >= 11 is 7.23. The van der Waals surface area contributed by atoms with Crippen molar-refractivity contribution in [2.75, 3.05) is 26.3 Å². The van der Waals surface area contributed by atoms with Crippen molar-refractivity contribution in [2.45, 2.75) is 43.6 Å². The third kappa shape index (κ3) is 6.51. The van der Waals surface area contributed by atoms with Crippen molar-refractivity contribution < 1.29 is 19.1 Å². The van der Waals surface area contributed by atoms with Crippen LogP contribution in [-0.2, 0) is 16.0 Å². The van der Waals surface area contributed by atoms with Gasteiger partial charge in [-0.15, -0.1) is 0 Å². The van der Waals surface area contributed by atoms with E-state index >= 15 is 0 Å². The summed E-state index contributed by atoms with van der Waals surface area (Å²) in [6.45, 7) is 5.17. The lowest BCUT2D eigenvalue weighted by Gasteiger charge is -2.38. The molecule has 3 atom stereocenters. The molecule has 0 saturated carbocycles. The maximum absolute atomic E-state index is 11.8. The summed E-state index contributed by atoms with van der Waals surface area (Å²) in [6.07, 6.45) is 2.65. The molecule has 0 aliphatic carbocycles. The molecule has 6 nitrogen and oxygen atoms in total. The Morgan fingerprint density at radius 3 is 2.76 bits per heavy atom. The first-order valence-corrected chi connectivity index (χ1v) is 12.6. The van der Waals surface area contributed by atoms with Crippen LogP contribution in [0.15, 0.2) is 48.5 Å². The van der Waals surface area contributed by atoms with Crippen molar-refractivity contribution in [2.24, 2.45) is 0 Å². The predicted octanol–water partition coefficient (Wildman–Crippen LogP) is 4.86. The standard InChI is InChI=1S/C25H29ClN2O4S/c1-2-4-20(28-11-12-31-22(15-28)18-5-3-6-19(26)14-18)16-32-21-9-7-17(8-10-21)13-23-24(29)27-25(30)33-23/h3,5-10,14,20,22-23H,2,4,11-13,15-16H2,1H3,(H,27,29,30). The number of imide groups is 1. The highest BCUT2D eigenvalue weighted by molar-refractivity contribution is 8.15. The van der Waals surface area contributed by atoms with Crippen LogP contribution in [-0.4, -0.2) is 53.6 Å². The van der Waals surface area contributed by atoms with Gasteiger partial charge in [0.15, 0.2) is 0 Å². The number of amides is 2. The van der Waals surface area contributed by atoms with E-state index in [1.54, 1.807) is 0 Å². The Morgan fingerprint density at radius 1 is 1.24 bits per heavy atom. The van der Waals surface area contributed by atoms with Crippen molar-refractivity contribution in [3.63, 3.8) is 0 Å². The Balaban J connectivity index is 1.33. The highest BCUT2D eigenvalue weighted by atomic mass is 35.5. The first kappa shape index (κ1) is 24.1. The summed E-state index contributed by atoms with van der Waals surface area (Å²) in [5, 5.41) is 2.43. The fourth-order valence-corrected chi connectivity index (χ4v) is 5.33.